The summed E-state index contributed by atoms with van der Waals surface area (Å²) in [4.78, 5) is 12.3. The molecule has 8 heteroatoms. The molecule has 0 aliphatic rings. The Balaban J connectivity index is 1.25. The first-order valence-corrected chi connectivity index (χ1v) is 12.3. The molecule has 0 aliphatic heterocycles. The number of carbonyl (C=O) groups is 1. The van der Waals surface area contributed by atoms with Crippen molar-refractivity contribution in [3.63, 3.8) is 0 Å². The number of hydrazone groups is 1. The van der Waals surface area contributed by atoms with Crippen molar-refractivity contribution in [2.24, 2.45) is 5.10 Å². The third-order valence-electron chi connectivity index (χ3n) is 5.21. The van der Waals surface area contributed by atoms with Crippen LogP contribution in [0, 0.1) is 6.92 Å². The standard InChI is InChI=1S/C27H27N5O2S/c1-3-32-26(23-13-9-20(2)10-14-23)30-31-27(32)35-19-25(33)29-28-17-21-11-15-24(16-12-21)34-18-22-7-5-4-6-8-22/h4-17H,3,18-19H2,1-2H3,(H,29,33). The molecule has 4 aromatic rings. The first kappa shape index (κ1) is 24.2. The normalized spacial score (nSPS) is 11.0. The van der Waals surface area contributed by atoms with Gasteiger partial charge in [-0.05, 0) is 49.2 Å². The lowest BCUT2D eigenvalue weighted by atomic mass is 10.1. The van der Waals surface area contributed by atoms with Gasteiger partial charge in [-0.2, -0.15) is 5.10 Å². The lowest BCUT2D eigenvalue weighted by Gasteiger charge is -2.07. The number of hydrogen-bond acceptors (Lipinski definition) is 6. The molecule has 35 heavy (non-hydrogen) atoms. The highest BCUT2D eigenvalue weighted by molar-refractivity contribution is 7.99. The first-order valence-electron chi connectivity index (χ1n) is 11.3. The van der Waals surface area contributed by atoms with Gasteiger partial charge in [0.05, 0.1) is 12.0 Å². The third kappa shape index (κ3) is 6.80. The summed E-state index contributed by atoms with van der Waals surface area (Å²) in [6.45, 7) is 5.31. The van der Waals surface area contributed by atoms with Crippen molar-refractivity contribution in [3.05, 3.63) is 95.6 Å². The van der Waals surface area contributed by atoms with Crippen molar-refractivity contribution >= 4 is 23.9 Å². The molecule has 0 bridgehead atoms. The summed E-state index contributed by atoms with van der Waals surface area (Å²) in [5, 5.41) is 13.4. The monoisotopic (exact) mass is 485 g/mol. The van der Waals surface area contributed by atoms with Crippen molar-refractivity contribution < 1.29 is 9.53 Å². The maximum Gasteiger partial charge on any atom is 0.250 e. The number of benzene rings is 3. The molecule has 1 aromatic heterocycles. The van der Waals surface area contributed by atoms with Crippen LogP contribution in [0.4, 0.5) is 0 Å². The van der Waals surface area contributed by atoms with Crippen LogP contribution in [-0.4, -0.2) is 32.6 Å². The van der Waals surface area contributed by atoms with Crippen molar-refractivity contribution in [3.8, 4) is 17.1 Å². The fourth-order valence-electron chi connectivity index (χ4n) is 3.33. The number of hydrogen-bond donors (Lipinski definition) is 1. The molecule has 0 spiro atoms. The number of aromatic nitrogens is 3. The van der Waals surface area contributed by atoms with E-state index in [1.54, 1.807) is 6.21 Å². The summed E-state index contributed by atoms with van der Waals surface area (Å²) in [6, 6.07) is 25.7. The van der Waals surface area contributed by atoms with Crippen LogP contribution in [0.15, 0.2) is 89.1 Å². The van der Waals surface area contributed by atoms with Crippen molar-refractivity contribution in [2.45, 2.75) is 32.2 Å². The van der Waals surface area contributed by atoms with Crippen LogP contribution in [0.1, 0.15) is 23.6 Å². The molecule has 7 nitrogen and oxygen atoms in total. The highest BCUT2D eigenvalue weighted by Gasteiger charge is 2.14. The fourth-order valence-corrected chi connectivity index (χ4v) is 4.12. The van der Waals surface area contributed by atoms with E-state index in [0.717, 1.165) is 28.3 Å². The van der Waals surface area contributed by atoms with Crippen LogP contribution in [-0.2, 0) is 17.9 Å². The Morgan fingerprint density at radius 2 is 1.77 bits per heavy atom. The molecular formula is C27H27N5O2S. The number of carbonyl (C=O) groups excluding carboxylic acids is 1. The Kier molecular flexibility index (Phi) is 8.30. The quantitative estimate of drug-likeness (QED) is 0.192. The molecule has 1 N–H and O–H groups in total. The molecular weight excluding hydrogens is 458 g/mol. The molecule has 0 radical (unpaired) electrons. The predicted octanol–water partition coefficient (Wildman–Crippen LogP) is 5.09. The van der Waals surface area contributed by atoms with E-state index in [0.29, 0.717) is 18.3 Å². The van der Waals surface area contributed by atoms with Gasteiger partial charge in [0.1, 0.15) is 12.4 Å². The zero-order chi connectivity index (χ0) is 24.5. The lowest BCUT2D eigenvalue weighted by molar-refractivity contribution is -0.118. The minimum Gasteiger partial charge on any atom is -0.489 e. The summed E-state index contributed by atoms with van der Waals surface area (Å²) >= 11 is 1.34. The minimum absolute atomic E-state index is 0.190. The van der Waals surface area contributed by atoms with Gasteiger partial charge in [-0.15, -0.1) is 10.2 Å². The Morgan fingerprint density at radius 1 is 1.03 bits per heavy atom. The Labute approximate surface area is 209 Å². The van der Waals surface area contributed by atoms with Crippen LogP contribution < -0.4 is 10.2 Å². The number of nitrogens with zero attached hydrogens (tertiary/aromatic N) is 4. The van der Waals surface area contributed by atoms with Crippen molar-refractivity contribution in [1.29, 1.82) is 0 Å². The molecule has 1 heterocycles. The molecule has 0 fully saturated rings. The Morgan fingerprint density at radius 3 is 2.49 bits per heavy atom. The molecule has 0 atom stereocenters. The number of aryl methyl sites for hydroxylation is 1. The molecule has 0 saturated heterocycles. The average Bonchev–Trinajstić information content (AvgIpc) is 3.31. The second-order valence-corrected chi connectivity index (χ2v) is 8.78. The highest BCUT2D eigenvalue weighted by atomic mass is 32.2. The number of thioether (sulfide) groups is 1. The summed E-state index contributed by atoms with van der Waals surface area (Å²) in [5.74, 6) is 1.55. The molecule has 178 valence electrons. The lowest BCUT2D eigenvalue weighted by Crippen LogP contribution is -2.20. The van der Waals surface area contributed by atoms with E-state index in [1.807, 2.05) is 97.3 Å². The van der Waals surface area contributed by atoms with Crippen molar-refractivity contribution in [1.82, 2.24) is 20.2 Å². The van der Waals surface area contributed by atoms with Gasteiger partial charge < -0.3 is 9.30 Å². The zero-order valence-corrected chi connectivity index (χ0v) is 20.5. The largest absolute Gasteiger partial charge is 0.489 e. The van der Waals surface area contributed by atoms with Gasteiger partial charge in [-0.1, -0.05) is 71.9 Å². The highest BCUT2D eigenvalue weighted by Crippen LogP contribution is 2.24. The van der Waals surface area contributed by atoms with E-state index in [4.69, 9.17) is 4.74 Å². The van der Waals surface area contributed by atoms with Crippen LogP contribution in [0.5, 0.6) is 5.75 Å². The van der Waals surface area contributed by atoms with Crippen LogP contribution >= 0.6 is 11.8 Å². The maximum atomic E-state index is 12.3. The summed E-state index contributed by atoms with van der Waals surface area (Å²) in [7, 11) is 0. The number of rotatable bonds is 10. The van der Waals surface area contributed by atoms with Gasteiger partial charge in [0, 0.05) is 12.1 Å². The number of amides is 1. The summed E-state index contributed by atoms with van der Waals surface area (Å²) < 4.78 is 7.79. The number of ether oxygens (including phenoxy) is 1. The molecule has 4 rings (SSSR count). The van der Waals surface area contributed by atoms with Gasteiger partial charge in [-0.25, -0.2) is 5.43 Å². The average molecular weight is 486 g/mol. The van der Waals surface area contributed by atoms with E-state index >= 15 is 0 Å². The molecule has 3 aromatic carbocycles. The Hall–Kier alpha value is -3.91. The van der Waals surface area contributed by atoms with Gasteiger partial charge in [0.25, 0.3) is 5.91 Å². The predicted molar refractivity (Wildman–Crippen MR) is 140 cm³/mol. The topological polar surface area (TPSA) is 81.4 Å². The third-order valence-corrected chi connectivity index (χ3v) is 6.17. The van der Waals surface area contributed by atoms with Crippen molar-refractivity contribution in [2.75, 3.05) is 5.75 Å². The van der Waals surface area contributed by atoms with Crippen LogP contribution in [0.3, 0.4) is 0 Å². The smallest absolute Gasteiger partial charge is 0.250 e. The fraction of sp³-hybridized carbons (Fsp3) is 0.185. The molecule has 0 unspecified atom stereocenters. The van der Waals surface area contributed by atoms with Gasteiger partial charge in [0.2, 0.25) is 0 Å². The van der Waals surface area contributed by atoms with E-state index < -0.39 is 0 Å². The molecule has 0 aliphatic carbocycles. The first-order chi connectivity index (χ1) is 17.1. The van der Waals surface area contributed by atoms with Gasteiger partial charge in [-0.3, -0.25) is 4.79 Å². The minimum atomic E-state index is -0.211. The van der Waals surface area contributed by atoms with Crippen LogP contribution in [0.2, 0.25) is 0 Å². The van der Waals surface area contributed by atoms with E-state index in [9.17, 15) is 4.79 Å². The SMILES string of the molecule is CCn1c(SCC(=O)NN=Cc2ccc(OCc3ccccc3)cc2)nnc1-c1ccc(C)cc1. The van der Waals surface area contributed by atoms with E-state index in [2.05, 4.69) is 20.7 Å². The second-order valence-electron chi connectivity index (χ2n) is 7.84. The maximum absolute atomic E-state index is 12.3. The zero-order valence-electron chi connectivity index (χ0n) is 19.7. The van der Waals surface area contributed by atoms with Gasteiger partial charge in [0.15, 0.2) is 11.0 Å². The second kappa shape index (κ2) is 12.0. The van der Waals surface area contributed by atoms with E-state index in [1.165, 1.54) is 17.3 Å². The van der Waals surface area contributed by atoms with Gasteiger partial charge >= 0.3 is 0 Å². The van der Waals surface area contributed by atoms with E-state index in [-0.39, 0.29) is 11.7 Å². The molecule has 0 saturated carbocycles. The summed E-state index contributed by atoms with van der Waals surface area (Å²) in [5.41, 5.74) is 6.73. The number of nitrogens with one attached hydrogen (secondary N) is 1. The molecule has 1 amide bonds. The van der Waals surface area contributed by atoms with Crippen LogP contribution in [0.25, 0.3) is 11.4 Å². The summed E-state index contributed by atoms with van der Waals surface area (Å²) in [6.07, 6.45) is 1.60. The Bertz CT molecular complexity index is 1270.